The summed E-state index contributed by atoms with van der Waals surface area (Å²) in [6, 6.07) is 46.6. The van der Waals surface area contributed by atoms with Gasteiger partial charge in [-0.1, -0.05) is 109 Å². The zero-order valence-electron chi connectivity index (χ0n) is 22.4. The molecule has 0 atom stereocenters. The molecule has 0 amide bonds. The van der Waals surface area contributed by atoms with Crippen LogP contribution in [-0.2, 0) is 0 Å². The van der Waals surface area contributed by atoms with Gasteiger partial charge in [-0.15, -0.1) is 11.3 Å². The molecule has 3 heterocycles. The van der Waals surface area contributed by atoms with Crippen LogP contribution in [0, 0.1) is 0 Å². The van der Waals surface area contributed by atoms with Crippen molar-refractivity contribution >= 4 is 64.1 Å². The molecule has 0 saturated carbocycles. The van der Waals surface area contributed by atoms with Crippen LogP contribution in [0.5, 0.6) is 0 Å². The van der Waals surface area contributed by atoms with Crippen LogP contribution in [-0.4, -0.2) is 19.5 Å². The van der Waals surface area contributed by atoms with E-state index in [4.69, 9.17) is 15.0 Å². The Morgan fingerprint density at radius 2 is 1.02 bits per heavy atom. The van der Waals surface area contributed by atoms with Gasteiger partial charge in [0.05, 0.1) is 11.0 Å². The van der Waals surface area contributed by atoms with Crippen LogP contribution in [0.3, 0.4) is 0 Å². The van der Waals surface area contributed by atoms with Gasteiger partial charge >= 0.3 is 0 Å². The van der Waals surface area contributed by atoms with E-state index in [0.717, 1.165) is 22.2 Å². The van der Waals surface area contributed by atoms with Crippen LogP contribution in [0.15, 0.2) is 133 Å². The van der Waals surface area contributed by atoms with E-state index in [2.05, 4.69) is 77.4 Å². The van der Waals surface area contributed by atoms with Crippen LogP contribution < -0.4 is 0 Å². The minimum atomic E-state index is 0.608. The molecule has 0 fully saturated rings. The largest absolute Gasteiger partial charge is 0.278 e. The fourth-order valence-corrected chi connectivity index (χ4v) is 7.31. The second-order valence-electron chi connectivity index (χ2n) is 10.5. The highest BCUT2D eigenvalue weighted by Crippen LogP contribution is 2.45. The van der Waals surface area contributed by atoms with Crippen molar-refractivity contribution in [1.29, 1.82) is 0 Å². The second-order valence-corrected chi connectivity index (χ2v) is 11.5. The molecule has 0 radical (unpaired) electrons. The Balaban J connectivity index is 1.47. The van der Waals surface area contributed by atoms with Gasteiger partial charge in [-0.3, -0.25) is 4.57 Å². The van der Waals surface area contributed by atoms with Gasteiger partial charge in [-0.25, -0.2) is 4.98 Å². The Bertz CT molecular complexity index is 2400. The van der Waals surface area contributed by atoms with Crippen molar-refractivity contribution in [2.45, 2.75) is 0 Å². The SMILES string of the molecule is c1ccc(-c2nc(-c3ccccc3)nc(-n3c4ccc5ccccc5c4c4c5c(ccc43)sc3ccccc35)n2)cc1. The summed E-state index contributed by atoms with van der Waals surface area (Å²) in [5.74, 6) is 1.91. The first-order valence-electron chi connectivity index (χ1n) is 14.0. The first-order valence-corrected chi connectivity index (χ1v) is 14.8. The number of nitrogens with zero attached hydrogens (tertiary/aromatic N) is 4. The fraction of sp³-hybridized carbons (Fsp3) is 0. The van der Waals surface area contributed by atoms with Crippen molar-refractivity contribution in [1.82, 2.24) is 19.5 Å². The van der Waals surface area contributed by atoms with Gasteiger partial charge in [-0.2, -0.15) is 9.97 Å². The van der Waals surface area contributed by atoms with Crippen molar-refractivity contribution in [2.75, 3.05) is 0 Å². The van der Waals surface area contributed by atoms with E-state index < -0.39 is 0 Å². The molecular formula is C37H22N4S. The number of hydrogen-bond donors (Lipinski definition) is 0. The molecule has 0 aliphatic rings. The van der Waals surface area contributed by atoms with Gasteiger partial charge in [0.2, 0.25) is 5.95 Å². The monoisotopic (exact) mass is 554 g/mol. The summed E-state index contributed by atoms with van der Waals surface area (Å²) >= 11 is 1.84. The summed E-state index contributed by atoms with van der Waals surface area (Å²) < 4.78 is 4.80. The quantitative estimate of drug-likeness (QED) is 0.218. The molecule has 0 N–H and O–H groups in total. The van der Waals surface area contributed by atoms with Crippen molar-refractivity contribution < 1.29 is 0 Å². The van der Waals surface area contributed by atoms with E-state index in [0.29, 0.717) is 17.6 Å². The van der Waals surface area contributed by atoms with Gasteiger partial charge in [0.1, 0.15) is 0 Å². The third-order valence-electron chi connectivity index (χ3n) is 8.05. The first-order chi connectivity index (χ1) is 20.8. The summed E-state index contributed by atoms with van der Waals surface area (Å²) in [4.78, 5) is 15.2. The maximum absolute atomic E-state index is 5.13. The minimum absolute atomic E-state index is 0.608. The number of aromatic nitrogens is 4. The molecular weight excluding hydrogens is 533 g/mol. The van der Waals surface area contributed by atoms with Gasteiger partial charge < -0.3 is 0 Å². The molecule has 4 nitrogen and oxygen atoms in total. The van der Waals surface area contributed by atoms with E-state index in [1.165, 1.54) is 41.7 Å². The molecule has 9 rings (SSSR count). The number of thiophene rings is 1. The lowest BCUT2D eigenvalue weighted by Crippen LogP contribution is -2.06. The maximum atomic E-state index is 5.13. The fourth-order valence-electron chi connectivity index (χ4n) is 6.20. The predicted octanol–water partition coefficient (Wildman–Crippen LogP) is 9.82. The highest BCUT2D eigenvalue weighted by Gasteiger charge is 2.22. The van der Waals surface area contributed by atoms with Crippen LogP contribution in [0.4, 0.5) is 0 Å². The number of hydrogen-bond acceptors (Lipinski definition) is 4. The minimum Gasteiger partial charge on any atom is -0.278 e. The van der Waals surface area contributed by atoms with Crippen LogP contribution in [0.1, 0.15) is 0 Å². The summed E-state index contributed by atoms with van der Waals surface area (Å²) in [5.41, 5.74) is 4.07. The Kier molecular flexibility index (Phi) is 5.03. The highest BCUT2D eigenvalue weighted by atomic mass is 32.1. The van der Waals surface area contributed by atoms with E-state index in [9.17, 15) is 0 Å². The average molecular weight is 555 g/mol. The van der Waals surface area contributed by atoms with E-state index in [1.807, 2.05) is 72.0 Å². The predicted molar refractivity (Wildman–Crippen MR) is 175 cm³/mol. The zero-order chi connectivity index (χ0) is 27.6. The molecule has 42 heavy (non-hydrogen) atoms. The molecule has 6 aromatic carbocycles. The normalized spacial score (nSPS) is 11.8. The second kappa shape index (κ2) is 9.06. The van der Waals surface area contributed by atoms with Gasteiger partial charge in [-0.05, 0) is 35.0 Å². The molecule has 0 unspecified atom stereocenters. The standard InChI is InChI=1S/C37H22N4S/c1-3-12-24(13-4-1)35-38-36(25-14-5-2-6-15-25)40-37(39-35)41-28-20-19-23-11-7-8-16-26(23)32(28)34-29(41)21-22-31-33(34)27-17-9-10-18-30(27)42-31/h1-22H. The average Bonchev–Trinajstić information content (AvgIpc) is 3.61. The molecule has 196 valence electrons. The van der Waals surface area contributed by atoms with Crippen molar-refractivity contribution in [3.8, 4) is 28.7 Å². The molecule has 0 bridgehead atoms. The number of rotatable bonds is 3. The molecule has 9 aromatic rings. The van der Waals surface area contributed by atoms with Crippen LogP contribution >= 0.6 is 11.3 Å². The van der Waals surface area contributed by atoms with Crippen LogP contribution in [0.2, 0.25) is 0 Å². The molecule has 0 aliphatic heterocycles. The Morgan fingerprint density at radius 3 is 1.76 bits per heavy atom. The van der Waals surface area contributed by atoms with E-state index in [1.54, 1.807) is 0 Å². The van der Waals surface area contributed by atoms with Crippen molar-refractivity contribution in [3.63, 3.8) is 0 Å². The molecule has 0 spiro atoms. The molecule has 0 saturated heterocycles. The zero-order valence-corrected chi connectivity index (χ0v) is 23.2. The Morgan fingerprint density at radius 1 is 0.429 bits per heavy atom. The Labute approximate surface area is 245 Å². The summed E-state index contributed by atoms with van der Waals surface area (Å²) in [6.07, 6.45) is 0. The number of benzene rings is 6. The molecule has 3 aromatic heterocycles. The lowest BCUT2D eigenvalue weighted by Gasteiger charge is -2.11. The van der Waals surface area contributed by atoms with E-state index >= 15 is 0 Å². The van der Waals surface area contributed by atoms with Crippen LogP contribution in [0.25, 0.3) is 81.5 Å². The summed E-state index contributed by atoms with van der Waals surface area (Å²) in [5, 5.41) is 7.46. The summed E-state index contributed by atoms with van der Waals surface area (Å²) in [6.45, 7) is 0. The lowest BCUT2D eigenvalue weighted by atomic mass is 10.0. The highest BCUT2D eigenvalue weighted by molar-refractivity contribution is 7.26. The topological polar surface area (TPSA) is 43.6 Å². The van der Waals surface area contributed by atoms with Gasteiger partial charge in [0.25, 0.3) is 0 Å². The third kappa shape index (κ3) is 3.44. The van der Waals surface area contributed by atoms with Crippen molar-refractivity contribution in [2.24, 2.45) is 0 Å². The number of fused-ring (bicyclic) bond motifs is 9. The lowest BCUT2D eigenvalue weighted by molar-refractivity contribution is 0.954. The third-order valence-corrected chi connectivity index (χ3v) is 9.18. The van der Waals surface area contributed by atoms with E-state index in [-0.39, 0.29) is 0 Å². The van der Waals surface area contributed by atoms with Crippen molar-refractivity contribution in [3.05, 3.63) is 133 Å². The first kappa shape index (κ1) is 23.3. The summed E-state index contributed by atoms with van der Waals surface area (Å²) in [7, 11) is 0. The van der Waals surface area contributed by atoms with Gasteiger partial charge in [0, 0.05) is 42.1 Å². The van der Waals surface area contributed by atoms with Gasteiger partial charge in [0.15, 0.2) is 11.6 Å². The maximum Gasteiger partial charge on any atom is 0.238 e. The molecule has 5 heteroatoms. The molecule has 0 aliphatic carbocycles. The smallest absolute Gasteiger partial charge is 0.238 e. The Hall–Kier alpha value is -5.39.